The summed E-state index contributed by atoms with van der Waals surface area (Å²) in [6.07, 6.45) is 5.39. The molecule has 0 fully saturated rings. The SMILES string of the molecule is Cn1ccnc1.FC(F)F. The molecule has 5 heteroatoms. The molecule has 1 rings (SSSR count). The molecule has 1 aromatic heterocycles. The second-order valence-electron chi connectivity index (χ2n) is 1.48. The Labute approximate surface area is 56.3 Å². The van der Waals surface area contributed by atoms with Gasteiger partial charge in [-0.2, -0.15) is 13.2 Å². The summed E-state index contributed by atoms with van der Waals surface area (Å²) in [6, 6.07) is 0. The van der Waals surface area contributed by atoms with Gasteiger partial charge in [0, 0.05) is 19.4 Å². The zero-order chi connectivity index (χ0) is 7.98. The van der Waals surface area contributed by atoms with Gasteiger partial charge in [0.25, 0.3) is 0 Å². The van der Waals surface area contributed by atoms with E-state index in [9.17, 15) is 13.2 Å². The first kappa shape index (κ1) is 9.00. The number of halogens is 3. The Morgan fingerprint density at radius 3 is 2.00 bits per heavy atom. The Bertz CT molecular complexity index is 147. The van der Waals surface area contributed by atoms with Gasteiger partial charge in [0.05, 0.1) is 6.33 Å². The van der Waals surface area contributed by atoms with Crippen molar-refractivity contribution in [3.05, 3.63) is 18.7 Å². The van der Waals surface area contributed by atoms with Gasteiger partial charge in [-0.15, -0.1) is 0 Å². The normalized spacial score (nSPS) is 8.90. The molecular formula is C5H7F3N2. The maximum atomic E-state index is 9.67. The molecule has 2 nitrogen and oxygen atoms in total. The van der Waals surface area contributed by atoms with Gasteiger partial charge in [-0.1, -0.05) is 0 Å². The molecule has 0 saturated heterocycles. The molecule has 0 bridgehead atoms. The van der Waals surface area contributed by atoms with Crippen molar-refractivity contribution in [3.8, 4) is 0 Å². The zero-order valence-electron chi connectivity index (χ0n) is 5.34. The highest BCUT2D eigenvalue weighted by atomic mass is 19.4. The molecule has 10 heavy (non-hydrogen) atoms. The van der Waals surface area contributed by atoms with Crippen molar-refractivity contribution in [1.82, 2.24) is 9.55 Å². The first-order chi connectivity index (χ1) is 4.63. The highest BCUT2D eigenvalue weighted by Crippen LogP contribution is 1.87. The van der Waals surface area contributed by atoms with Crippen molar-refractivity contribution in [2.24, 2.45) is 7.05 Å². The Kier molecular flexibility index (Phi) is 4.36. The van der Waals surface area contributed by atoms with E-state index in [-0.39, 0.29) is 0 Å². The lowest BCUT2D eigenvalue weighted by molar-refractivity contribution is 0.00819. The Hall–Kier alpha value is -1.00. The second kappa shape index (κ2) is 4.84. The molecule has 0 aliphatic carbocycles. The fraction of sp³-hybridized carbons (Fsp3) is 0.400. The summed E-state index contributed by atoms with van der Waals surface area (Å²) in [5, 5.41) is 0. The fourth-order valence-electron chi connectivity index (χ4n) is 0.326. The largest absolute Gasteiger partial charge is 0.379 e. The Morgan fingerprint density at radius 1 is 1.40 bits per heavy atom. The van der Waals surface area contributed by atoms with Crippen molar-refractivity contribution in [3.63, 3.8) is 0 Å². The average Bonchev–Trinajstić information content (AvgIpc) is 2.15. The van der Waals surface area contributed by atoms with Crippen LogP contribution in [0.3, 0.4) is 0 Å². The summed E-state index contributed by atoms with van der Waals surface area (Å²) in [4.78, 5) is 3.78. The molecule has 0 saturated carbocycles. The van der Waals surface area contributed by atoms with E-state index in [0.29, 0.717) is 0 Å². The topological polar surface area (TPSA) is 17.8 Å². The van der Waals surface area contributed by atoms with E-state index in [0.717, 1.165) is 0 Å². The second-order valence-corrected chi connectivity index (χ2v) is 1.48. The summed E-state index contributed by atoms with van der Waals surface area (Å²) in [5.41, 5.74) is 0. The lowest BCUT2D eigenvalue weighted by atomic mass is 10.9. The first-order valence-corrected chi connectivity index (χ1v) is 2.47. The molecule has 58 valence electrons. The van der Waals surface area contributed by atoms with Gasteiger partial charge >= 0.3 is 6.68 Å². The van der Waals surface area contributed by atoms with Crippen LogP contribution in [0.5, 0.6) is 0 Å². The minimum Gasteiger partial charge on any atom is -0.341 e. The predicted molar refractivity (Wildman–Crippen MR) is 30.3 cm³/mol. The van der Waals surface area contributed by atoms with Gasteiger partial charge in [-0.05, 0) is 0 Å². The molecule has 0 aromatic carbocycles. The van der Waals surface area contributed by atoms with E-state index in [1.54, 1.807) is 12.5 Å². The highest BCUT2D eigenvalue weighted by molar-refractivity contribution is 4.70. The molecule has 0 amide bonds. The number of hydrogen-bond acceptors (Lipinski definition) is 1. The molecule has 0 spiro atoms. The molecule has 0 atom stereocenters. The third kappa shape index (κ3) is 7.00. The summed E-state index contributed by atoms with van der Waals surface area (Å²) < 4.78 is 30.9. The summed E-state index contributed by atoms with van der Waals surface area (Å²) >= 11 is 0. The fourth-order valence-corrected chi connectivity index (χ4v) is 0.326. The van der Waals surface area contributed by atoms with Gasteiger partial charge in [0.15, 0.2) is 0 Å². The van der Waals surface area contributed by atoms with Crippen molar-refractivity contribution >= 4 is 0 Å². The maximum absolute atomic E-state index is 9.67. The van der Waals surface area contributed by atoms with Gasteiger partial charge in [0.1, 0.15) is 0 Å². The first-order valence-electron chi connectivity index (χ1n) is 2.47. The van der Waals surface area contributed by atoms with Gasteiger partial charge in [0.2, 0.25) is 0 Å². The lowest BCUT2D eigenvalue weighted by Gasteiger charge is -1.76. The van der Waals surface area contributed by atoms with E-state index in [1.807, 2.05) is 17.8 Å². The molecular weight excluding hydrogens is 145 g/mol. The molecule has 1 aromatic rings. The third-order valence-electron chi connectivity index (χ3n) is 0.637. The molecule has 1 heterocycles. The summed E-state index contributed by atoms with van der Waals surface area (Å²) in [5.74, 6) is 0. The minimum absolute atomic E-state index is 1.75. The number of aromatic nitrogens is 2. The Morgan fingerprint density at radius 2 is 1.90 bits per heavy atom. The van der Waals surface area contributed by atoms with Crippen LogP contribution in [0.2, 0.25) is 0 Å². The highest BCUT2D eigenvalue weighted by Gasteiger charge is 1.86. The van der Waals surface area contributed by atoms with Crippen LogP contribution in [0.15, 0.2) is 18.7 Å². The van der Waals surface area contributed by atoms with E-state index >= 15 is 0 Å². The van der Waals surface area contributed by atoms with Crippen molar-refractivity contribution in [2.75, 3.05) is 0 Å². The van der Waals surface area contributed by atoms with Crippen LogP contribution in [0, 0.1) is 0 Å². The van der Waals surface area contributed by atoms with Gasteiger partial charge in [-0.25, -0.2) is 4.98 Å². The van der Waals surface area contributed by atoms with Crippen LogP contribution < -0.4 is 0 Å². The molecule has 0 N–H and O–H groups in total. The minimum atomic E-state index is -3.67. The third-order valence-corrected chi connectivity index (χ3v) is 0.637. The number of alkyl halides is 3. The average molecular weight is 152 g/mol. The van der Waals surface area contributed by atoms with E-state index in [1.165, 1.54) is 0 Å². The van der Waals surface area contributed by atoms with Gasteiger partial charge < -0.3 is 4.57 Å². The number of rotatable bonds is 0. The van der Waals surface area contributed by atoms with Crippen LogP contribution in [-0.4, -0.2) is 16.2 Å². The van der Waals surface area contributed by atoms with E-state index in [4.69, 9.17) is 0 Å². The monoisotopic (exact) mass is 152 g/mol. The van der Waals surface area contributed by atoms with Crippen LogP contribution in [0.25, 0.3) is 0 Å². The van der Waals surface area contributed by atoms with E-state index in [2.05, 4.69) is 4.98 Å². The zero-order valence-corrected chi connectivity index (χ0v) is 5.34. The van der Waals surface area contributed by atoms with Gasteiger partial charge in [-0.3, -0.25) is 0 Å². The van der Waals surface area contributed by atoms with Crippen molar-refractivity contribution < 1.29 is 13.2 Å². The number of hydrogen-bond donors (Lipinski definition) is 0. The predicted octanol–water partition coefficient (Wildman–Crippen LogP) is 1.60. The van der Waals surface area contributed by atoms with Crippen LogP contribution in [0.1, 0.15) is 0 Å². The Balaban J connectivity index is 0.000000180. The van der Waals surface area contributed by atoms with Crippen LogP contribution in [0.4, 0.5) is 13.2 Å². The number of imidazole rings is 1. The molecule has 0 aliphatic rings. The molecule has 0 unspecified atom stereocenters. The summed E-state index contributed by atoms with van der Waals surface area (Å²) in [6.45, 7) is -3.67. The van der Waals surface area contributed by atoms with Crippen molar-refractivity contribution in [1.29, 1.82) is 0 Å². The lowest BCUT2D eigenvalue weighted by Crippen LogP contribution is -1.76. The van der Waals surface area contributed by atoms with Crippen molar-refractivity contribution in [2.45, 2.75) is 6.68 Å². The number of nitrogens with zero attached hydrogens (tertiary/aromatic N) is 2. The maximum Gasteiger partial charge on any atom is 0.379 e. The summed E-state index contributed by atoms with van der Waals surface area (Å²) in [7, 11) is 1.94. The molecule has 0 radical (unpaired) electrons. The smallest absolute Gasteiger partial charge is 0.341 e. The van der Waals surface area contributed by atoms with E-state index < -0.39 is 6.68 Å². The standard InChI is InChI=1S/C4H6N2.CHF3/c1-6-3-2-5-4-6;2-1(3)4/h2-4H,1H3;1H. The molecule has 0 aliphatic heterocycles. The van der Waals surface area contributed by atoms with Crippen LogP contribution >= 0.6 is 0 Å². The number of aryl methyl sites for hydroxylation is 1. The quantitative estimate of drug-likeness (QED) is 0.552. The van der Waals surface area contributed by atoms with Crippen LogP contribution in [-0.2, 0) is 7.05 Å².